The molecule has 0 aromatic heterocycles. The maximum atomic E-state index is 10.9. The highest BCUT2D eigenvalue weighted by atomic mass is 32.2. The van der Waals surface area contributed by atoms with Crippen LogP contribution in [0.15, 0.2) is 0 Å². The monoisotopic (exact) mass is 193 g/mol. The first kappa shape index (κ1) is 9.95. The Morgan fingerprint density at radius 3 is 2.67 bits per heavy atom. The fourth-order valence-electron chi connectivity index (χ4n) is 1.41. The highest BCUT2D eigenvalue weighted by Crippen LogP contribution is 2.17. The van der Waals surface area contributed by atoms with Crippen LogP contribution < -0.4 is 4.72 Å². The molecule has 1 N–H and O–H groups in total. The normalized spacial score (nSPS) is 30.8. The van der Waals surface area contributed by atoms with Gasteiger partial charge in [0.15, 0.2) is 0 Å². The van der Waals surface area contributed by atoms with Crippen molar-refractivity contribution in [3.63, 3.8) is 0 Å². The van der Waals surface area contributed by atoms with Crippen LogP contribution in [0.2, 0.25) is 0 Å². The molecule has 12 heavy (non-hydrogen) atoms. The zero-order valence-electron chi connectivity index (χ0n) is 7.41. The Morgan fingerprint density at radius 2 is 2.17 bits per heavy atom. The second kappa shape index (κ2) is 3.72. The third-order valence-corrected chi connectivity index (χ3v) is 2.82. The zero-order chi connectivity index (χ0) is 9.19. The van der Waals surface area contributed by atoms with Crippen LogP contribution in [-0.4, -0.2) is 33.9 Å². The fraction of sp³-hybridized carbons (Fsp3) is 1.00. The molecule has 0 amide bonds. The van der Waals surface area contributed by atoms with Crippen LogP contribution >= 0.6 is 0 Å². The smallest absolute Gasteiger partial charge is 0.209 e. The lowest BCUT2D eigenvalue weighted by Gasteiger charge is -2.15. The molecular weight excluding hydrogens is 178 g/mol. The molecule has 0 aliphatic carbocycles. The molecular formula is C7H15NO3S. The van der Waals surface area contributed by atoms with E-state index < -0.39 is 10.0 Å². The zero-order valence-corrected chi connectivity index (χ0v) is 8.23. The highest BCUT2D eigenvalue weighted by Gasteiger charge is 2.28. The summed E-state index contributed by atoms with van der Waals surface area (Å²) in [7, 11) is -3.08. The van der Waals surface area contributed by atoms with Crippen LogP contribution in [0.1, 0.15) is 13.3 Å². The van der Waals surface area contributed by atoms with Gasteiger partial charge in [0.2, 0.25) is 10.0 Å². The third-order valence-electron chi connectivity index (χ3n) is 2.09. The molecule has 1 rings (SSSR count). The minimum absolute atomic E-state index is 0.0231. The van der Waals surface area contributed by atoms with Crippen molar-refractivity contribution in [2.24, 2.45) is 5.92 Å². The predicted octanol–water partition coefficient (Wildman–Crippen LogP) is -0.0394. The van der Waals surface area contributed by atoms with Gasteiger partial charge in [-0.25, -0.2) is 13.1 Å². The first-order valence-corrected chi connectivity index (χ1v) is 5.97. The van der Waals surface area contributed by atoms with Crippen LogP contribution in [0.25, 0.3) is 0 Å². The lowest BCUT2D eigenvalue weighted by Crippen LogP contribution is -2.38. The van der Waals surface area contributed by atoms with Gasteiger partial charge >= 0.3 is 0 Å². The Labute approximate surface area is 73.3 Å². The molecule has 72 valence electrons. The SMILES string of the molecule is CCC1COCC1NS(C)(=O)=O. The maximum absolute atomic E-state index is 10.9. The molecule has 2 atom stereocenters. The lowest BCUT2D eigenvalue weighted by atomic mass is 10.0. The Bertz CT molecular complexity index is 237. The molecule has 1 aliphatic heterocycles. The van der Waals surface area contributed by atoms with Crippen LogP contribution in [-0.2, 0) is 14.8 Å². The summed E-state index contributed by atoms with van der Waals surface area (Å²) in [5.41, 5.74) is 0. The van der Waals surface area contributed by atoms with Gasteiger partial charge in [0, 0.05) is 5.92 Å². The van der Waals surface area contributed by atoms with Gasteiger partial charge in [-0.15, -0.1) is 0 Å². The summed E-state index contributed by atoms with van der Waals surface area (Å²) < 4.78 is 29.5. The van der Waals surface area contributed by atoms with E-state index in [0.29, 0.717) is 19.1 Å². The molecule has 2 unspecified atom stereocenters. The number of ether oxygens (including phenoxy) is 1. The molecule has 0 bridgehead atoms. The van der Waals surface area contributed by atoms with Crippen molar-refractivity contribution in [1.82, 2.24) is 4.72 Å². The van der Waals surface area contributed by atoms with Crippen LogP contribution in [0.3, 0.4) is 0 Å². The molecule has 1 saturated heterocycles. The molecule has 0 aromatic rings. The van der Waals surface area contributed by atoms with E-state index in [0.717, 1.165) is 6.42 Å². The summed E-state index contributed by atoms with van der Waals surface area (Å²) in [5, 5.41) is 0. The predicted molar refractivity (Wildman–Crippen MR) is 46.4 cm³/mol. The van der Waals surface area contributed by atoms with E-state index in [2.05, 4.69) is 4.72 Å². The molecule has 0 radical (unpaired) electrons. The lowest BCUT2D eigenvalue weighted by molar-refractivity contribution is 0.183. The van der Waals surface area contributed by atoms with Gasteiger partial charge in [-0.05, 0) is 6.42 Å². The van der Waals surface area contributed by atoms with Crippen LogP contribution in [0, 0.1) is 5.92 Å². The van der Waals surface area contributed by atoms with Crippen molar-refractivity contribution in [2.75, 3.05) is 19.5 Å². The molecule has 0 spiro atoms. The molecule has 5 heteroatoms. The molecule has 1 fully saturated rings. The molecule has 1 heterocycles. The summed E-state index contributed by atoms with van der Waals surface area (Å²) in [6, 6.07) is -0.0231. The summed E-state index contributed by atoms with van der Waals surface area (Å²) in [6.07, 6.45) is 2.13. The third kappa shape index (κ3) is 2.73. The van der Waals surface area contributed by atoms with Crippen molar-refractivity contribution in [3.8, 4) is 0 Å². The van der Waals surface area contributed by atoms with Gasteiger partial charge in [0.05, 0.1) is 25.5 Å². The van der Waals surface area contributed by atoms with Gasteiger partial charge in [-0.3, -0.25) is 0 Å². The van der Waals surface area contributed by atoms with E-state index in [9.17, 15) is 8.42 Å². The van der Waals surface area contributed by atoms with Crippen molar-refractivity contribution in [3.05, 3.63) is 0 Å². The Kier molecular flexibility index (Phi) is 3.09. The van der Waals surface area contributed by atoms with Gasteiger partial charge in [0.25, 0.3) is 0 Å². The Morgan fingerprint density at radius 1 is 1.50 bits per heavy atom. The molecule has 4 nitrogen and oxygen atoms in total. The molecule has 1 aliphatic rings. The van der Waals surface area contributed by atoms with Crippen LogP contribution in [0.5, 0.6) is 0 Å². The van der Waals surface area contributed by atoms with E-state index in [1.807, 2.05) is 6.92 Å². The minimum atomic E-state index is -3.08. The Balaban J connectivity index is 2.52. The number of hydrogen-bond donors (Lipinski definition) is 1. The van der Waals surface area contributed by atoms with Crippen molar-refractivity contribution >= 4 is 10.0 Å². The fourth-order valence-corrected chi connectivity index (χ4v) is 2.22. The van der Waals surface area contributed by atoms with Crippen LogP contribution in [0.4, 0.5) is 0 Å². The number of rotatable bonds is 3. The summed E-state index contributed by atoms with van der Waals surface area (Å²) in [6.45, 7) is 3.21. The van der Waals surface area contributed by atoms with Crippen molar-refractivity contribution in [1.29, 1.82) is 0 Å². The van der Waals surface area contributed by atoms with Crippen molar-refractivity contribution < 1.29 is 13.2 Å². The second-order valence-corrected chi connectivity index (χ2v) is 4.98. The summed E-state index contributed by atoms with van der Waals surface area (Å²) >= 11 is 0. The van der Waals surface area contributed by atoms with E-state index >= 15 is 0 Å². The van der Waals surface area contributed by atoms with Gasteiger partial charge in [0.1, 0.15) is 0 Å². The first-order chi connectivity index (χ1) is 5.53. The molecule has 0 saturated carbocycles. The Hall–Kier alpha value is -0.130. The summed E-state index contributed by atoms with van der Waals surface area (Å²) in [4.78, 5) is 0. The number of sulfonamides is 1. The second-order valence-electron chi connectivity index (χ2n) is 3.20. The van der Waals surface area contributed by atoms with Crippen molar-refractivity contribution in [2.45, 2.75) is 19.4 Å². The van der Waals surface area contributed by atoms with E-state index in [1.54, 1.807) is 0 Å². The average molecular weight is 193 g/mol. The topological polar surface area (TPSA) is 55.4 Å². The number of nitrogens with one attached hydrogen (secondary N) is 1. The quantitative estimate of drug-likeness (QED) is 0.684. The van der Waals surface area contributed by atoms with Gasteiger partial charge < -0.3 is 4.74 Å². The standard InChI is InChI=1S/C7H15NO3S/c1-3-6-4-11-5-7(6)8-12(2,9)10/h6-8H,3-5H2,1-2H3. The minimum Gasteiger partial charge on any atom is -0.379 e. The van der Waals surface area contributed by atoms with E-state index in [-0.39, 0.29) is 6.04 Å². The van der Waals surface area contributed by atoms with E-state index in [4.69, 9.17) is 4.74 Å². The van der Waals surface area contributed by atoms with Gasteiger partial charge in [-0.1, -0.05) is 6.92 Å². The average Bonchev–Trinajstić information content (AvgIpc) is 2.31. The highest BCUT2D eigenvalue weighted by molar-refractivity contribution is 7.88. The number of hydrogen-bond acceptors (Lipinski definition) is 3. The van der Waals surface area contributed by atoms with Gasteiger partial charge in [-0.2, -0.15) is 0 Å². The summed E-state index contributed by atoms with van der Waals surface area (Å²) in [5.74, 6) is 0.333. The van der Waals surface area contributed by atoms with E-state index in [1.165, 1.54) is 6.26 Å². The molecule has 0 aromatic carbocycles. The maximum Gasteiger partial charge on any atom is 0.209 e. The largest absolute Gasteiger partial charge is 0.379 e. The first-order valence-electron chi connectivity index (χ1n) is 4.08.